The summed E-state index contributed by atoms with van der Waals surface area (Å²) in [6, 6.07) is 11.0. The average Bonchev–Trinajstić information content (AvgIpc) is 3.01. The third-order valence-corrected chi connectivity index (χ3v) is 4.45. The maximum absolute atomic E-state index is 12.2. The van der Waals surface area contributed by atoms with E-state index in [2.05, 4.69) is 29.2 Å². The highest BCUT2D eigenvalue weighted by molar-refractivity contribution is 5.77. The molecular weight excluding hydrogens is 238 g/mol. The zero-order valence-electron chi connectivity index (χ0n) is 11.4. The van der Waals surface area contributed by atoms with Crippen molar-refractivity contribution in [2.45, 2.75) is 44.8 Å². The van der Waals surface area contributed by atoms with Gasteiger partial charge in [0.2, 0.25) is 0 Å². The first-order valence-electron chi connectivity index (χ1n) is 7.26. The van der Waals surface area contributed by atoms with Gasteiger partial charge in [0.1, 0.15) is 6.04 Å². The Hall–Kier alpha value is -1.35. The van der Waals surface area contributed by atoms with Gasteiger partial charge in [0, 0.05) is 12.6 Å². The molecule has 1 saturated heterocycles. The van der Waals surface area contributed by atoms with Crippen molar-refractivity contribution in [2.75, 3.05) is 6.61 Å². The van der Waals surface area contributed by atoms with Crippen LogP contribution in [-0.2, 0) is 16.1 Å². The fourth-order valence-electron chi connectivity index (χ4n) is 3.65. The molecule has 2 unspecified atom stereocenters. The Morgan fingerprint density at radius 1 is 1.32 bits per heavy atom. The SMILES string of the molecule is CCOC(=O)[C@@H]1C2CCC(C2)N1Cc1ccccc1. The molecule has 0 radical (unpaired) electrons. The molecule has 3 heteroatoms. The van der Waals surface area contributed by atoms with E-state index in [9.17, 15) is 4.79 Å². The van der Waals surface area contributed by atoms with Crippen molar-refractivity contribution in [3.8, 4) is 0 Å². The van der Waals surface area contributed by atoms with Crippen molar-refractivity contribution in [2.24, 2.45) is 5.92 Å². The zero-order chi connectivity index (χ0) is 13.2. The van der Waals surface area contributed by atoms with E-state index >= 15 is 0 Å². The number of hydrogen-bond donors (Lipinski definition) is 0. The van der Waals surface area contributed by atoms with Crippen LogP contribution < -0.4 is 0 Å². The molecule has 102 valence electrons. The van der Waals surface area contributed by atoms with E-state index in [4.69, 9.17) is 4.74 Å². The second-order valence-electron chi connectivity index (χ2n) is 5.58. The Morgan fingerprint density at radius 2 is 2.11 bits per heavy atom. The Bertz CT molecular complexity index is 445. The van der Waals surface area contributed by atoms with Crippen LogP contribution in [-0.4, -0.2) is 29.6 Å². The molecule has 3 nitrogen and oxygen atoms in total. The number of fused-ring (bicyclic) bond motifs is 2. The van der Waals surface area contributed by atoms with Gasteiger partial charge in [-0.15, -0.1) is 0 Å². The Labute approximate surface area is 114 Å². The second-order valence-corrected chi connectivity index (χ2v) is 5.58. The van der Waals surface area contributed by atoms with Gasteiger partial charge in [-0.1, -0.05) is 30.3 Å². The lowest BCUT2D eigenvalue weighted by Crippen LogP contribution is -2.46. The minimum atomic E-state index is -0.0226. The molecule has 1 aromatic carbocycles. The number of carbonyl (C=O) groups excluding carboxylic acids is 1. The van der Waals surface area contributed by atoms with Gasteiger partial charge in [0.05, 0.1) is 6.61 Å². The first-order chi connectivity index (χ1) is 9.29. The number of piperidine rings is 1. The minimum absolute atomic E-state index is 0.0149. The highest BCUT2D eigenvalue weighted by Gasteiger charge is 2.49. The van der Waals surface area contributed by atoms with Crippen LogP contribution in [0.3, 0.4) is 0 Å². The predicted molar refractivity (Wildman–Crippen MR) is 73.5 cm³/mol. The summed E-state index contributed by atoms with van der Waals surface area (Å²) in [6.45, 7) is 3.23. The first-order valence-corrected chi connectivity index (χ1v) is 7.26. The molecule has 2 fully saturated rings. The summed E-state index contributed by atoms with van der Waals surface area (Å²) in [5.41, 5.74) is 1.28. The summed E-state index contributed by atoms with van der Waals surface area (Å²) in [5, 5.41) is 0. The van der Waals surface area contributed by atoms with E-state index in [1.54, 1.807) is 0 Å². The molecule has 1 heterocycles. The standard InChI is InChI=1S/C16H21NO2/c1-2-19-16(18)15-13-8-9-14(10-13)17(15)11-12-6-4-3-5-7-12/h3-7,13-15H,2,8-11H2,1H3/t13?,14?,15-/m0/s1. The van der Waals surface area contributed by atoms with Crippen molar-refractivity contribution < 1.29 is 9.53 Å². The Morgan fingerprint density at radius 3 is 2.84 bits per heavy atom. The summed E-state index contributed by atoms with van der Waals surface area (Å²) < 4.78 is 5.27. The van der Waals surface area contributed by atoms with E-state index in [1.807, 2.05) is 13.0 Å². The molecule has 1 aromatic rings. The molecule has 0 amide bonds. The van der Waals surface area contributed by atoms with Crippen molar-refractivity contribution in [3.63, 3.8) is 0 Å². The first kappa shape index (κ1) is 12.7. The van der Waals surface area contributed by atoms with Gasteiger partial charge in [0.25, 0.3) is 0 Å². The zero-order valence-corrected chi connectivity index (χ0v) is 11.4. The number of benzene rings is 1. The van der Waals surface area contributed by atoms with E-state index < -0.39 is 0 Å². The second kappa shape index (κ2) is 5.33. The van der Waals surface area contributed by atoms with Crippen LogP contribution in [0.15, 0.2) is 30.3 Å². The maximum Gasteiger partial charge on any atom is 0.323 e. The fourth-order valence-corrected chi connectivity index (χ4v) is 3.65. The number of ether oxygens (including phenoxy) is 1. The fraction of sp³-hybridized carbons (Fsp3) is 0.562. The number of nitrogens with zero attached hydrogens (tertiary/aromatic N) is 1. The smallest absolute Gasteiger partial charge is 0.323 e. The molecule has 1 aliphatic heterocycles. The molecule has 0 spiro atoms. The number of rotatable bonds is 4. The van der Waals surface area contributed by atoms with Crippen LogP contribution in [0.5, 0.6) is 0 Å². The minimum Gasteiger partial charge on any atom is -0.465 e. The van der Waals surface area contributed by atoms with Crippen LogP contribution in [0.2, 0.25) is 0 Å². The molecule has 1 saturated carbocycles. The summed E-state index contributed by atoms with van der Waals surface area (Å²) in [6.07, 6.45) is 3.57. The van der Waals surface area contributed by atoms with Crippen LogP contribution in [0, 0.1) is 5.92 Å². The molecule has 3 atom stereocenters. The molecule has 2 bridgehead atoms. The van der Waals surface area contributed by atoms with Gasteiger partial charge in [0.15, 0.2) is 0 Å². The van der Waals surface area contributed by atoms with Crippen molar-refractivity contribution in [3.05, 3.63) is 35.9 Å². The molecule has 3 rings (SSSR count). The average molecular weight is 259 g/mol. The van der Waals surface area contributed by atoms with Gasteiger partial charge in [-0.05, 0) is 37.7 Å². The monoisotopic (exact) mass is 259 g/mol. The van der Waals surface area contributed by atoms with Gasteiger partial charge in [-0.3, -0.25) is 9.69 Å². The van der Waals surface area contributed by atoms with Gasteiger partial charge in [-0.25, -0.2) is 0 Å². The lowest BCUT2D eigenvalue weighted by Gasteiger charge is -2.33. The summed E-state index contributed by atoms with van der Waals surface area (Å²) >= 11 is 0. The molecule has 1 aliphatic carbocycles. The van der Waals surface area contributed by atoms with Crippen molar-refractivity contribution >= 4 is 5.97 Å². The molecule has 0 aromatic heterocycles. The largest absolute Gasteiger partial charge is 0.465 e. The quantitative estimate of drug-likeness (QED) is 0.778. The molecular formula is C16H21NO2. The Kier molecular flexibility index (Phi) is 3.56. The molecule has 2 aliphatic rings. The van der Waals surface area contributed by atoms with E-state index in [0.717, 1.165) is 13.0 Å². The highest BCUT2D eigenvalue weighted by Crippen LogP contribution is 2.43. The van der Waals surface area contributed by atoms with Gasteiger partial charge in [-0.2, -0.15) is 0 Å². The van der Waals surface area contributed by atoms with Gasteiger partial charge < -0.3 is 4.74 Å². The molecule has 19 heavy (non-hydrogen) atoms. The number of carbonyl (C=O) groups is 1. The number of likely N-dealkylation sites (tertiary alicyclic amines) is 1. The molecule has 0 N–H and O–H groups in total. The maximum atomic E-state index is 12.2. The highest BCUT2D eigenvalue weighted by atomic mass is 16.5. The van der Waals surface area contributed by atoms with Crippen LogP contribution >= 0.6 is 0 Å². The topological polar surface area (TPSA) is 29.5 Å². The third kappa shape index (κ3) is 2.39. The van der Waals surface area contributed by atoms with Crippen LogP contribution in [0.1, 0.15) is 31.7 Å². The summed E-state index contributed by atoms with van der Waals surface area (Å²) in [5.74, 6) is 0.485. The van der Waals surface area contributed by atoms with E-state index in [-0.39, 0.29) is 12.0 Å². The van der Waals surface area contributed by atoms with Crippen molar-refractivity contribution in [1.82, 2.24) is 4.90 Å². The summed E-state index contributed by atoms with van der Waals surface area (Å²) in [7, 11) is 0. The van der Waals surface area contributed by atoms with Crippen LogP contribution in [0.4, 0.5) is 0 Å². The Balaban J connectivity index is 1.76. The predicted octanol–water partition coefficient (Wildman–Crippen LogP) is 2.60. The van der Waals surface area contributed by atoms with E-state index in [1.165, 1.54) is 18.4 Å². The number of esters is 1. The van der Waals surface area contributed by atoms with E-state index in [0.29, 0.717) is 18.6 Å². The normalized spacial score (nSPS) is 29.6. The summed E-state index contributed by atoms with van der Waals surface area (Å²) in [4.78, 5) is 14.5. The van der Waals surface area contributed by atoms with Gasteiger partial charge >= 0.3 is 5.97 Å². The lowest BCUT2D eigenvalue weighted by atomic mass is 9.98. The van der Waals surface area contributed by atoms with Crippen molar-refractivity contribution in [1.29, 1.82) is 0 Å². The lowest BCUT2D eigenvalue weighted by molar-refractivity contribution is -0.151. The van der Waals surface area contributed by atoms with Crippen LogP contribution in [0.25, 0.3) is 0 Å². The number of hydrogen-bond acceptors (Lipinski definition) is 3. The third-order valence-electron chi connectivity index (χ3n) is 4.45.